The minimum absolute atomic E-state index is 0.121. The molecule has 0 spiro atoms. The summed E-state index contributed by atoms with van der Waals surface area (Å²) in [4.78, 5) is 6.63. The average molecular weight is 333 g/mol. The summed E-state index contributed by atoms with van der Waals surface area (Å²) in [7, 11) is -1.98. The van der Waals surface area contributed by atoms with Gasteiger partial charge in [0.1, 0.15) is 11.6 Å². The number of rotatable bonds is 5. The van der Waals surface area contributed by atoms with Crippen molar-refractivity contribution in [3.8, 4) is 5.75 Å². The van der Waals surface area contributed by atoms with Crippen LogP contribution >= 0.6 is 0 Å². The van der Waals surface area contributed by atoms with Gasteiger partial charge in [0.25, 0.3) is 0 Å². The molecule has 122 valence electrons. The molecule has 1 aliphatic rings. The third-order valence-corrected chi connectivity index (χ3v) is 5.39. The zero-order valence-electron chi connectivity index (χ0n) is 12.8. The monoisotopic (exact) mass is 333 g/mol. The Morgan fingerprint density at radius 2 is 2.00 bits per heavy atom. The van der Waals surface area contributed by atoms with Gasteiger partial charge in [-0.1, -0.05) is 6.07 Å². The molecule has 2 aromatic rings. The van der Waals surface area contributed by atoms with Gasteiger partial charge in [-0.05, 0) is 42.8 Å². The quantitative estimate of drug-likeness (QED) is 0.901. The molecule has 1 aliphatic heterocycles. The standard InChI is InChI=1S/C16H19N3O3S/c1-22-14-5-7-15(8-6-14)23(20,21)18-13-9-11-19(12-13)16-4-2-3-10-17-16/h2-8,10,13,18H,9,11-12H2,1H3/t13-/m1/s1. The lowest BCUT2D eigenvalue weighted by atomic mass is 10.3. The van der Waals surface area contributed by atoms with Crippen molar-refractivity contribution in [3.05, 3.63) is 48.7 Å². The molecule has 0 saturated carbocycles. The van der Waals surface area contributed by atoms with Crippen LogP contribution in [0.5, 0.6) is 5.75 Å². The number of methoxy groups -OCH3 is 1. The van der Waals surface area contributed by atoms with Crippen LogP contribution in [0.25, 0.3) is 0 Å². The Labute approximate surface area is 136 Å². The first kappa shape index (κ1) is 15.8. The van der Waals surface area contributed by atoms with Gasteiger partial charge in [-0.25, -0.2) is 18.1 Å². The molecule has 6 nitrogen and oxygen atoms in total. The van der Waals surface area contributed by atoms with E-state index in [1.807, 2.05) is 18.2 Å². The van der Waals surface area contributed by atoms with Crippen molar-refractivity contribution in [2.24, 2.45) is 0 Å². The lowest BCUT2D eigenvalue weighted by Crippen LogP contribution is -2.37. The van der Waals surface area contributed by atoms with Crippen molar-refractivity contribution >= 4 is 15.8 Å². The molecule has 1 fully saturated rings. The number of nitrogens with one attached hydrogen (secondary N) is 1. The van der Waals surface area contributed by atoms with E-state index >= 15 is 0 Å². The lowest BCUT2D eigenvalue weighted by Gasteiger charge is -2.17. The molecule has 1 aromatic carbocycles. The van der Waals surface area contributed by atoms with Gasteiger partial charge in [0.2, 0.25) is 10.0 Å². The molecular formula is C16H19N3O3S. The number of ether oxygens (including phenoxy) is 1. The number of hydrogen-bond acceptors (Lipinski definition) is 5. The van der Waals surface area contributed by atoms with Crippen LogP contribution in [-0.2, 0) is 10.0 Å². The zero-order chi connectivity index (χ0) is 16.3. The number of nitrogens with zero attached hydrogens (tertiary/aromatic N) is 2. The van der Waals surface area contributed by atoms with E-state index in [9.17, 15) is 8.42 Å². The van der Waals surface area contributed by atoms with Gasteiger partial charge >= 0.3 is 0 Å². The average Bonchev–Trinajstić information content (AvgIpc) is 3.03. The van der Waals surface area contributed by atoms with E-state index in [0.29, 0.717) is 12.3 Å². The highest BCUT2D eigenvalue weighted by Crippen LogP contribution is 2.20. The molecule has 1 aromatic heterocycles. The Hall–Kier alpha value is -2.12. The summed E-state index contributed by atoms with van der Waals surface area (Å²) >= 11 is 0. The Balaban J connectivity index is 1.67. The predicted molar refractivity (Wildman–Crippen MR) is 88.2 cm³/mol. The summed E-state index contributed by atoms with van der Waals surface area (Å²) < 4.78 is 32.7. The molecule has 7 heteroatoms. The second-order valence-electron chi connectivity index (χ2n) is 5.42. The summed E-state index contributed by atoms with van der Waals surface area (Å²) in [6, 6.07) is 12.0. The van der Waals surface area contributed by atoms with Gasteiger partial charge in [-0.15, -0.1) is 0 Å². The van der Waals surface area contributed by atoms with Crippen molar-refractivity contribution in [3.63, 3.8) is 0 Å². The first-order chi connectivity index (χ1) is 11.1. The predicted octanol–water partition coefficient (Wildman–Crippen LogP) is 1.65. The fourth-order valence-electron chi connectivity index (χ4n) is 2.65. The van der Waals surface area contributed by atoms with Crippen LogP contribution in [0, 0.1) is 0 Å². The van der Waals surface area contributed by atoms with Crippen molar-refractivity contribution in [2.45, 2.75) is 17.4 Å². The van der Waals surface area contributed by atoms with Crippen LogP contribution < -0.4 is 14.4 Å². The molecule has 2 heterocycles. The molecule has 1 saturated heterocycles. The van der Waals surface area contributed by atoms with E-state index in [4.69, 9.17) is 4.74 Å². The summed E-state index contributed by atoms with van der Waals surface area (Å²) in [5.41, 5.74) is 0. The number of sulfonamides is 1. The minimum atomic E-state index is -3.53. The first-order valence-corrected chi connectivity index (χ1v) is 8.89. The van der Waals surface area contributed by atoms with Crippen LogP contribution in [0.15, 0.2) is 53.6 Å². The number of anilines is 1. The van der Waals surface area contributed by atoms with Gasteiger partial charge in [-0.2, -0.15) is 0 Å². The molecule has 0 amide bonds. The largest absolute Gasteiger partial charge is 0.497 e. The van der Waals surface area contributed by atoms with Gasteiger partial charge in [0.15, 0.2) is 0 Å². The number of hydrogen-bond donors (Lipinski definition) is 1. The second kappa shape index (κ2) is 6.55. The number of pyridine rings is 1. The van der Waals surface area contributed by atoms with E-state index in [1.54, 1.807) is 37.6 Å². The van der Waals surface area contributed by atoms with E-state index in [1.165, 1.54) is 0 Å². The summed E-state index contributed by atoms with van der Waals surface area (Å²) in [6.07, 6.45) is 2.50. The maximum absolute atomic E-state index is 12.4. The topological polar surface area (TPSA) is 71.5 Å². The van der Waals surface area contributed by atoms with Crippen LogP contribution in [0.1, 0.15) is 6.42 Å². The van der Waals surface area contributed by atoms with Crippen LogP contribution in [0.2, 0.25) is 0 Å². The Bertz CT molecular complexity index is 748. The number of aromatic nitrogens is 1. The van der Waals surface area contributed by atoms with E-state index < -0.39 is 10.0 Å². The van der Waals surface area contributed by atoms with E-state index in [2.05, 4.69) is 14.6 Å². The second-order valence-corrected chi connectivity index (χ2v) is 7.13. The Morgan fingerprint density at radius 3 is 2.65 bits per heavy atom. The lowest BCUT2D eigenvalue weighted by molar-refractivity contribution is 0.414. The molecular weight excluding hydrogens is 314 g/mol. The Kier molecular flexibility index (Phi) is 4.49. The fourth-order valence-corrected chi connectivity index (χ4v) is 3.91. The van der Waals surface area contributed by atoms with Crippen molar-refractivity contribution < 1.29 is 13.2 Å². The zero-order valence-corrected chi connectivity index (χ0v) is 13.7. The molecule has 0 bridgehead atoms. The highest BCUT2D eigenvalue weighted by Gasteiger charge is 2.27. The SMILES string of the molecule is COc1ccc(S(=O)(=O)N[C@@H]2CCN(c3ccccn3)C2)cc1. The van der Waals surface area contributed by atoms with Crippen LogP contribution in [0.4, 0.5) is 5.82 Å². The van der Waals surface area contributed by atoms with Crippen LogP contribution in [0.3, 0.4) is 0 Å². The van der Waals surface area contributed by atoms with E-state index in [0.717, 1.165) is 18.8 Å². The van der Waals surface area contributed by atoms with Crippen molar-refractivity contribution in [1.29, 1.82) is 0 Å². The normalized spacial score (nSPS) is 18.1. The first-order valence-electron chi connectivity index (χ1n) is 7.41. The van der Waals surface area contributed by atoms with E-state index in [-0.39, 0.29) is 10.9 Å². The summed E-state index contributed by atoms with van der Waals surface area (Å²) in [6.45, 7) is 1.40. The van der Waals surface area contributed by atoms with Crippen molar-refractivity contribution in [2.75, 3.05) is 25.1 Å². The minimum Gasteiger partial charge on any atom is -0.497 e. The molecule has 3 rings (SSSR count). The fraction of sp³-hybridized carbons (Fsp3) is 0.312. The third-order valence-electron chi connectivity index (χ3n) is 3.85. The molecule has 23 heavy (non-hydrogen) atoms. The maximum Gasteiger partial charge on any atom is 0.240 e. The van der Waals surface area contributed by atoms with Crippen LogP contribution in [-0.4, -0.2) is 39.6 Å². The molecule has 1 N–H and O–H groups in total. The Morgan fingerprint density at radius 1 is 1.22 bits per heavy atom. The molecule has 1 atom stereocenters. The van der Waals surface area contributed by atoms with Gasteiger partial charge in [0, 0.05) is 25.3 Å². The smallest absolute Gasteiger partial charge is 0.240 e. The van der Waals surface area contributed by atoms with Gasteiger partial charge < -0.3 is 9.64 Å². The third kappa shape index (κ3) is 3.62. The summed E-state index contributed by atoms with van der Waals surface area (Å²) in [5.74, 6) is 1.50. The summed E-state index contributed by atoms with van der Waals surface area (Å²) in [5, 5.41) is 0. The molecule has 0 radical (unpaired) electrons. The van der Waals surface area contributed by atoms with Gasteiger partial charge in [-0.3, -0.25) is 0 Å². The number of benzene rings is 1. The molecule has 0 aliphatic carbocycles. The van der Waals surface area contributed by atoms with Gasteiger partial charge in [0.05, 0.1) is 12.0 Å². The highest BCUT2D eigenvalue weighted by atomic mass is 32.2. The molecule has 0 unspecified atom stereocenters. The van der Waals surface area contributed by atoms with Crippen molar-refractivity contribution in [1.82, 2.24) is 9.71 Å². The maximum atomic E-state index is 12.4. The highest BCUT2D eigenvalue weighted by molar-refractivity contribution is 7.89.